The van der Waals surface area contributed by atoms with Crippen molar-refractivity contribution in [2.24, 2.45) is 0 Å². The second kappa shape index (κ2) is 7.93. The van der Waals surface area contributed by atoms with Crippen LogP contribution in [0.1, 0.15) is 31.9 Å². The summed E-state index contributed by atoms with van der Waals surface area (Å²) in [5.74, 6) is -0.285. The highest BCUT2D eigenvalue weighted by Gasteiger charge is 2.14. The normalized spacial score (nSPS) is 13.4. The van der Waals surface area contributed by atoms with E-state index >= 15 is 0 Å². The number of rotatable bonds is 6. The van der Waals surface area contributed by atoms with Crippen molar-refractivity contribution in [3.63, 3.8) is 0 Å². The molecule has 0 fully saturated rings. The van der Waals surface area contributed by atoms with Gasteiger partial charge < -0.3 is 10.1 Å². The van der Waals surface area contributed by atoms with Crippen molar-refractivity contribution in [2.45, 2.75) is 32.4 Å². The van der Waals surface area contributed by atoms with E-state index < -0.39 is 6.04 Å². The van der Waals surface area contributed by atoms with Crippen LogP contribution in [0.3, 0.4) is 0 Å². The second-order valence-corrected chi connectivity index (χ2v) is 5.13. The fourth-order valence-corrected chi connectivity index (χ4v) is 1.83. The average molecular weight is 325 g/mol. The maximum Gasteiger partial charge on any atom is 0.247 e. The van der Waals surface area contributed by atoms with E-state index in [9.17, 15) is 4.79 Å². The number of benzene rings is 1. The zero-order valence-electron chi connectivity index (χ0n) is 11.0. The van der Waals surface area contributed by atoms with Gasteiger partial charge in [0, 0.05) is 4.47 Å². The van der Waals surface area contributed by atoms with E-state index in [0.717, 1.165) is 16.5 Å². The van der Waals surface area contributed by atoms with Gasteiger partial charge in [-0.2, -0.15) is 5.26 Å². The van der Waals surface area contributed by atoms with E-state index in [1.807, 2.05) is 32.0 Å². The van der Waals surface area contributed by atoms with E-state index in [-0.39, 0.29) is 18.6 Å². The lowest BCUT2D eigenvalue weighted by atomic mass is 10.1. The molecule has 0 aromatic heterocycles. The van der Waals surface area contributed by atoms with Crippen LogP contribution in [0.2, 0.25) is 0 Å². The van der Waals surface area contributed by atoms with Crippen molar-refractivity contribution in [1.29, 1.82) is 5.26 Å². The molecular weight excluding hydrogens is 308 g/mol. The lowest BCUT2D eigenvalue weighted by molar-refractivity contribution is -0.127. The number of carbonyl (C=O) groups excluding carboxylic acids is 1. The molecule has 0 bridgehead atoms. The highest BCUT2D eigenvalue weighted by molar-refractivity contribution is 9.10. The fraction of sp³-hybridized carbons (Fsp3) is 0.429. The molecule has 0 saturated carbocycles. The molecule has 102 valence electrons. The van der Waals surface area contributed by atoms with E-state index in [2.05, 4.69) is 27.3 Å². The molecule has 0 aliphatic carbocycles. The molecule has 2 atom stereocenters. The summed E-state index contributed by atoms with van der Waals surface area (Å²) in [6, 6.07) is 8.71. The molecule has 5 heteroatoms. The first-order chi connectivity index (χ1) is 9.06. The van der Waals surface area contributed by atoms with Gasteiger partial charge in [0.15, 0.2) is 0 Å². The van der Waals surface area contributed by atoms with Gasteiger partial charge in [0.25, 0.3) is 0 Å². The molecule has 0 aliphatic rings. The van der Waals surface area contributed by atoms with Crippen LogP contribution in [-0.2, 0) is 9.53 Å². The third kappa shape index (κ3) is 5.41. The van der Waals surface area contributed by atoms with Gasteiger partial charge in [0.1, 0.15) is 12.6 Å². The number of nitriles is 1. The summed E-state index contributed by atoms with van der Waals surface area (Å²) < 4.78 is 6.20. The number of nitrogens with one attached hydrogen (secondary N) is 1. The second-order valence-electron chi connectivity index (χ2n) is 4.21. The van der Waals surface area contributed by atoms with Crippen LogP contribution in [0.25, 0.3) is 0 Å². The summed E-state index contributed by atoms with van der Waals surface area (Å²) >= 11 is 3.34. The van der Waals surface area contributed by atoms with Crippen LogP contribution < -0.4 is 5.32 Å². The van der Waals surface area contributed by atoms with E-state index in [1.165, 1.54) is 0 Å². The molecular formula is C14H17BrN2O2. The van der Waals surface area contributed by atoms with Gasteiger partial charge in [0.05, 0.1) is 12.2 Å². The summed E-state index contributed by atoms with van der Waals surface area (Å²) in [4.78, 5) is 11.7. The van der Waals surface area contributed by atoms with Crippen molar-refractivity contribution >= 4 is 21.8 Å². The Labute approximate surface area is 121 Å². The van der Waals surface area contributed by atoms with Crippen LogP contribution >= 0.6 is 15.9 Å². The van der Waals surface area contributed by atoms with Crippen LogP contribution in [0.5, 0.6) is 0 Å². The minimum atomic E-state index is -0.662. The summed E-state index contributed by atoms with van der Waals surface area (Å²) in [6.45, 7) is 3.87. The molecule has 19 heavy (non-hydrogen) atoms. The summed E-state index contributed by atoms with van der Waals surface area (Å²) in [5.41, 5.74) is 0.744. The quantitative estimate of drug-likeness (QED) is 0.875. The average Bonchev–Trinajstić information content (AvgIpc) is 2.42. The molecule has 1 rings (SSSR count). The lowest BCUT2D eigenvalue weighted by Crippen LogP contribution is -2.32. The van der Waals surface area contributed by atoms with Gasteiger partial charge in [-0.15, -0.1) is 0 Å². The van der Waals surface area contributed by atoms with Crippen molar-refractivity contribution in [2.75, 3.05) is 6.61 Å². The summed E-state index contributed by atoms with van der Waals surface area (Å²) in [6.07, 6.45) is 0.887. The molecule has 0 unspecified atom stereocenters. The van der Waals surface area contributed by atoms with Gasteiger partial charge in [0.2, 0.25) is 5.91 Å². The van der Waals surface area contributed by atoms with Crippen molar-refractivity contribution < 1.29 is 9.53 Å². The topological polar surface area (TPSA) is 62.1 Å². The summed E-state index contributed by atoms with van der Waals surface area (Å²) in [5, 5.41) is 11.8. The van der Waals surface area contributed by atoms with Gasteiger partial charge in [-0.25, -0.2) is 0 Å². The van der Waals surface area contributed by atoms with E-state index in [1.54, 1.807) is 6.07 Å². The molecule has 1 N–H and O–H groups in total. The van der Waals surface area contributed by atoms with E-state index in [0.29, 0.717) is 0 Å². The Kier molecular flexibility index (Phi) is 6.54. The number of hydrogen-bond acceptors (Lipinski definition) is 3. The molecule has 1 aromatic rings. The minimum absolute atomic E-state index is 0.0266. The van der Waals surface area contributed by atoms with E-state index in [4.69, 9.17) is 10.00 Å². The molecule has 0 heterocycles. The molecule has 1 amide bonds. The highest BCUT2D eigenvalue weighted by Crippen LogP contribution is 2.17. The zero-order chi connectivity index (χ0) is 14.3. The van der Waals surface area contributed by atoms with Crippen LogP contribution in [0.4, 0.5) is 0 Å². The Morgan fingerprint density at radius 2 is 2.32 bits per heavy atom. The Balaban J connectivity index is 2.58. The standard InChI is InChI=1S/C14H17BrN2O2/c1-3-10(2)19-9-14(18)17-13(8-16)11-5-4-6-12(15)7-11/h4-7,10,13H,3,9H2,1-2H3,(H,17,18)/t10-,13+/m1/s1. The van der Waals surface area contributed by atoms with Crippen molar-refractivity contribution in [3.05, 3.63) is 34.3 Å². The summed E-state index contributed by atoms with van der Waals surface area (Å²) in [7, 11) is 0. The largest absolute Gasteiger partial charge is 0.369 e. The van der Waals surface area contributed by atoms with Gasteiger partial charge in [-0.1, -0.05) is 35.0 Å². The predicted molar refractivity (Wildman–Crippen MR) is 76.3 cm³/mol. The molecule has 1 aromatic carbocycles. The molecule has 0 radical (unpaired) electrons. The third-order valence-corrected chi connectivity index (χ3v) is 3.18. The lowest BCUT2D eigenvalue weighted by Gasteiger charge is -2.14. The number of carbonyl (C=O) groups is 1. The van der Waals surface area contributed by atoms with Crippen molar-refractivity contribution in [1.82, 2.24) is 5.32 Å². The number of hydrogen-bond donors (Lipinski definition) is 1. The Morgan fingerprint density at radius 1 is 1.58 bits per heavy atom. The number of ether oxygens (including phenoxy) is 1. The Morgan fingerprint density at radius 3 is 2.89 bits per heavy atom. The molecule has 0 spiro atoms. The fourth-order valence-electron chi connectivity index (χ4n) is 1.41. The Hall–Kier alpha value is -1.38. The maximum atomic E-state index is 11.7. The molecule has 0 aliphatic heterocycles. The number of halogens is 1. The van der Waals surface area contributed by atoms with Crippen LogP contribution in [0, 0.1) is 11.3 Å². The number of amides is 1. The minimum Gasteiger partial charge on any atom is -0.369 e. The van der Waals surface area contributed by atoms with Gasteiger partial charge in [-0.3, -0.25) is 4.79 Å². The van der Waals surface area contributed by atoms with Gasteiger partial charge in [-0.05, 0) is 31.0 Å². The SMILES string of the molecule is CC[C@@H](C)OCC(=O)N[C@@H](C#N)c1cccc(Br)c1. The van der Waals surface area contributed by atoms with Gasteiger partial charge >= 0.3 is 0 Å². The smallest absolute Gasteiger partial charge is 0.247 e. The van der Waals surface area contributed by atoms with Crippen LogP contribution in [-0.4, -0.2) is 18.6 Å². The Bertz CT molecular complexity index is 471. The predicted octanol–water partition coefficient (Wildman–Crippen LogP) is 2.95. The molecule has 0 saturated heterocycles. The maximum absolute atomic E-state index is 11.7. The van der Waals surface area contributed by atoms with Crippen LogP contribution in [0.15, 0.2) is 28.7 Å². The first-order valence-corrected chi connectivity index (χ1v) is 6.92. The van der Waals surface area contributed by atoms with Crippen molar-refractivity contribution in [3.8, 4) is 6.07 Å². The monoisotopic (exact) mass is 324 g/mol. The highest BCUT2D eigenvalue weighted by atomic mass is 79.9. The zero-order valence-corrected chi connectivity index (χ0v) is 12.6. The first kappa shape index (κ1) is 15.7. The molecule has 4 nitrogen and oxygen atoms in total. The number of nitrogens with zero attached hydrogens (tertiary/aromatic N) is 1. The first-order valence-electron chi connectivity index (χ1n) is 6.12. The third-order valence-electron chi connectivity index (χ3n) is 2.69.